The number of aldehydes is 1. The molecule has 4 N–H and O–H groups in total. The van der Waals surface area contributed by atoms with E-state index in [0.717, 1.165) is 22.8 Å². The van der Waals surface area contributed by atoms with Gasteiger partial charge in [0, 0.05) is 29.6 Å². The van der Waals surface area contributed by atoms with Crippen LogP contribution in [0.3, 0.4) is 0 Å². The topological polar surface area (TPSA) is 103 Å². The molecule has 1 heterocycles. The first kappa shape index (κ1) is 21.5. The zero-order chi connectivity index (χ0) is 20.7. The van der Waals surface area contributed by atoms with Gasteiger partial charge in [-0.1, -0.05) is 38.5 Å². The van der Waals surface area contributed by atoms with Gasteiger partial charge in [0.25, 0.3) is 0 Å². The SMILES string of the molecule is CC[C@H](C)[C@H](NC(=O)NC(C)C)C(=O)N[C@H](C=O)Cc1c[nH]c2ccccc12. The molecule has 0 saturated carbocycles. The molecule has 7 nitrogen and oxygen atoms in total. The van der Waals surface area contributed by atoms with Crippen LogP contribution in [0.2, 0.25) is 0 Å². The fourth-order valence-corrected chi connectivity index (χ4v) is 3.09. The summed E-state index contributed by atoms with van der Waals surface area (Å²) in [6, 6.07) is 5.99. The van der Waals surface area contributed by atoms with Gasteiger partial charge in [-0.2, -0.15) is 0 Å². The van der Waals surface area contributed by atoms with Crippen molar-refractivity contribution >= 4 is 29.1 Å². The Bertz CT molecular complexity index is 815. The molecule has 0 fully saturated rings. The second-order valence-electron chi connectivity index (χ2n) is 7.45. The fourth-order valence-electron chi connectivity index (χ4n) is 3.09. The molecule has 3 atom stereocenters. The average Bonchev–Trinajstić information content (AvgIpc) is 3.07. The first-order valence-electron chi connectivity index (χ1n) is 9.73. The fraction of sp³-hybridized carbons (Fsp3) is 0.476. The van der Waals surface area contributed by atoms with Crippen LogP contribution in [0.5, 0.6) is 0 Å². The van der Waals surface area contributed by atoms with Gasteiger partial charge in [-0.05, 0) is 31.4 Å². The predicted octanol–water partition coefficient (Wildman–Crippen LogP) is 2.52. The highest BCUT2D eigenvalue weighted by Crippen LogP contribution is 2.19. The number of hydrogen-bond donors (Lipinski definition) is 4. The van der Waals surface area contributed by atoms with Crippen LogP contribution in [0.25, 0.3) is 10.9 Å². The normalized spacial score (nSPS) is 14.3. The molecule has 1 aromatic carbocycles. The Hall–Kier alpha value is -2.83. The summed E-state index contributed by atoms with van der Waals surface area (Å²) in [4.78, 5) is 39.7. The summed E-state index contributed by atoms with van der Waals surface area (Å²) < 4.78 is 0. The van der Waals surface area contributed by atoms with Gasteiger partial charge in [0.15, 0.2) is 0 Å². The molecule has 0 unspecified atom stereocenters. The minimum absolute atomic E-state index is 0.0368. The quantitative estimate of drug-likeness (QED) is 0.498. The summed E-state index contributed by atoms with van der Waals surface area (Å²) in [7, 11) is 0. The van der Waals surface area contributed by atoms with Crippen LogP contribution in [0.4, 0.5) is 4.79 Å². The first-order chi connectivity index (χ1) is 13.3. The molecule has 0 aliphatic rings. The van der Waals surface area contributed by atoms with E-state index in [0.29, 0.717) is 12.8 Å². The lowest BCUT2D eigenvalue weighted by Crippen LogP contribution is -2.55. The molecule has 0 aliphatic carbocycles. The molecule has 2 aromatic rings. The van der Waals surface area contributed by atoms with Crippen molar-refractivity contribution in [3.63, 3.8) is 0 Å². The third kappa shape index (κ3) is 5.58. The molecular weight excluding hydrogens is 356 g/mol. The van der Waals surface area contributed by atoms with Gasteiger partial charge in [-0.3, -0.25) is 4.79 Å². The Morgan fingerprint density at radius 1 is 1.11 bits per heavy atom. The van der Waals surface area contributed by atoms with Crippen LogP contribution in [-0.2, 0) is 16.0 Å². The second kappa shape index (κ2) is 9.92. The van der Waals surface area contributed by atoms with Gasteiger partial charge >= 0.3 is 6.03 Å². The van der Waals surface area contributed by atoms with Crippen LogP contribution in [0, 0.1) is 5.92 Å². The maximum Gasteiger partial charge on any atom is 0.315 e. The number of aromatic nitrogens is 1. The van der Waals surface area contributed by atoms with Crippen LogP contribution >= 0.6 is 0 Å². The zero-order valence-electron chi connectivity index (χ0n) is 16.9. The molecule has 0 spiro atoms. The Labute approximate surface area is 165 Å². The van der Waals surface area contributed by atoms with E-state index in [9.17, 15) is 14.4 Å². The van der Waals surface area contributed by atoms with Crippen LogP contribution < -0.4 is 16.0 Å². The van der Waals surface area contributed by atoms with Gasteiger partial charge in [-0.15, -0.1) is 0 Å². The lowest BCUT2D eigenvalue weighted by molar-refractivity contribution is -0.126. The van der Waals surface area contributed by atoms with E-state index in [-0.39, 0.29) is 17.9 Å². The number of hydrogen-bond acceptors (Lipinski definition) is 3. The van der Waals surface area contributed by atoms with E-state index in [1.807, 2.05) is 58.2 Å². The predicted molar refractivity (Wildman–Crippen MR) is 110 cm³/mol. The molecule has 28 heavy (non-hydrogen) atoms. The summed E-state index contributed by atoms with van der Waals surface area (Å²) in [6.45, 7) is 7.55. The molecule has 2 rings (SSSR count). The number of carbonyl (C=O) groups excluding carboxylic acids is 3. The lowest BCUT2D eigenvalue weighted by Gasteiger charge is -2.25. The number of nitrogens with one attached hydrogen (secondary N) is 4. The van der Waals surface area contributed by atoms with Crippen molar-refractivity contribution in [2.24, 2.45) is 5.92 Å². The average molecular weight is 386 g/mol. The zero-order valence-corrected chi connectivity index (χ0v) is 16.9. The van der Waals surface area contributed by atoms with Gasteiger partial charge in [-0.25, -0.2) is 4.79 Å². The van der Waals surface area contributed by atoms with E-state index in [4.69, 9.17) is 0 Å². The van der Waals surface area contributed by atoms with Crippen molar-refractivity contribution in [2.75, 3.05) is 0 Å². The van der Waals surface area contributed by atoms with Crippen molar-refractivity contribution in [2.45, 2.75) is 58.7 Å². The molecule has 0 saturated heterocycles. The summed E-state index contributed by atoms with van der Waals surface area (Å²) in [5, 5.41) is 9.26. The number of carbonyl (C=O) groups is 3. The van der Waals surface area contributed by atoms with Crippen molar-refractivity contribution in [1.82, 2.24) is 20.9 Å². The third-order valence-electron chi connectivity index (χ3n) is 4.81. The molecule has 7 heteroatoms. The van der Waals surface area contributed by atoms with Gasteiger partial charge in [0.05, 0.1) is 6.04 Å². The second-order valence-corrected chi connectivity index (χ2v) is 7.45. The molecule has 3 amide bonds. The maximum atomic E-state index is 12.8. The van der Waals surface area contributed by atoms with E-state index in [2.05, 4.69) is 20.9 Å². The number of H-pyrrole nitrogens is 1. The van der Waals surface area contributed by atoms with Crippen molar-refractivity contribution in [1.29, 1.82) is 0 Å². The van der Waals surface area contributed by atoms with E-state index in [1.54, 1.807) is 0 Å². The molecule has 1 aromatic heterocycles. The minimum atomic E-state index is -0.714. The summed E-state index contributed by atoms with van der Waals surface area (Å²) in [5.41, 5.74) is 1.94. The summed E-state index contributed by atoms with van der Waals surface area (Å²) in [5.74, 6) is -0.427. The molecule has 0 radical (unpaired) electrons. The number of aromatic amines is 1. The van der Waals surface area contributed by atoms with E-state index < -0.39 is 18.1 Å². The highest BCUT2D eigenvalue weighted by Gasteiger charge is 2.28. The van der Waals surface area contributed by atoms with Crippen LogP contribution in [0.1, 0.15) is 39.7 Å². The number of amides is 3. The molecule has 0 aliphatic heterocycles. The maximum absolute atomic E-state index is 12.8. The Kier molecular flexibility index (Phi) is 7.61. The number of para-hydroxylation sites is 1. The summed E-state index contributed by atoms with van der Waals surface area (Å²) in [6.07, 6.45) is 3.69. The van der Waals surface area contributed by atoms with Crippen molar-refractivity contribution in [3.05, 3.63) is 36.0 Å². The van der Waals surface area contributed by atoms with E-state index in [1.165, 1.54) is 0 Å². The highest BCUT2D eigenvalue weighted by atomic mass is 16.2. The van der Waals surface area contributed by atoms with Crippen LogP contribution in [0.15, 0.2) is 30.5 Å². The number of benzene rings is 1. The Morgan fingerprint density at radius 2 is 1.82 bits per heavy atom. The minimum Gasteiger partial charge on any atom is -0.361 e. The largest absolute Gasteiger partial charge is 0.361 e. The van der Waals surface area contributed by atoms with E-state index >= 15 is 0 Å². The lowest BCUT2D eigenvalue weighted by atomic mass is 9.97. The first-order valence-corrected chi connectivity index (χ1v) is 9.73. The highest BCUT2D eigenvalue weighted by molar-refractivity contribution is 5.89. The number of rotatable bonds is 9. The summed E-state index contributed by atoms with van der Waals surface area (Å²) >= 11 is 0. The van der Waals surface area contributed by atoms with Gasteiger partial charge in [0.2, 0.25) is 5.91 Å². The Morgan fingerprint density at radius 3 is 2.46 bits per heavy atom. The van der Waals surface area contributed by atoms with Crippen LogP contribution in [-0.4, -0.2) is 41.3 Å². The number of urea groups is 1. The Balaban J connectivity index is 2.08. The monoisotopic (exact) mass is 386 g/mol. The molecule has 152 valence electrons. The van der Waals surface area contributed by atoms with Gasteiger partial charge in [0.1, 0.15) is 12.3 Å². The van der Waals surface area contributed by atoms with Crippen molar-refractivity contribution in [3.8, 4) is 0 Å². The van der Waals surface area contributed by atoms with Gasteiger partial charge < -0.3 is 25.7 Å². The van der Waals surface area contributed by atoms with Crippen molar-refractivity contribution < 1.29 is 14.4 Å². The number of fused-ring (bicyclic) bond motifs is 1. The smallest absolute Gasteiger partial charge is 0.315 e. The third-order valence-corrected chi connectivity index (χ3v) is 4.81. The molecule has 0 bridgehead atoms. The molecular formula is C21H30N4O3. The standard InChI is InChI=1S/C21H30N4O3/c1-5-14(4)19(25-21(28)23-13(2)3)20(27)24-16(12-26)10-15-11-22-18-9-7-6-8-17(15)18/h6-9,11-14,16,19,22H,5,10H2,1-4H3,(H,24,27)(H2,23,25,28)/t14-,16-,19-/m0/s1.